The summed E-state index contributed by atoms with van der Waals surface area (Å²) in [4.78, 5) is 13.6. The average Bonchev–Trinajstić information content (AvgIpc) is 2.84. The zero-order chi connectivity index (χ0) is 15.2. The molecular formula is C14H24NO4P. The van der Waals surface area contributed by atoms with Gasteiger partial charge in [0.2, 0.25) is 5.91 Å². The lowest BCUT2D eigenvalue weighted by atomic mass is 10.1. The molecule has 0 bridgehead atoms. The fourth-order valence-electron chi connectivity index (χ4n) is 2.13. The minimum absolute atomic E-state index is 0.0183. The molecule has 0 aromatic heterocycles. The molecule has 0 saturated heterocycles. The van der Waals surface area contributed by atoms with Crippen molar-refractivity contribution in [1.82, 2.24) is 4.90 Å². The lowest BCUT2D eigenvalue weighted by Gasteiger charge is -2.14. The highest BCUT2D eigenvalue weighted by atomic mass is 31.2. The van der Waals surface area contributed by atoms with E-state index in [2.05, 4.69) is 0 Å². The van der Waals surface area contributed by atoms with Crippen molar-refractivity contribution in [2.75, 3.05) is 27.3 Å². The van der Waals surface area contributed by atoms with Gasteiger partial charge in [-0.3, -0.25) is 9.36 Å². The lowest BCUT2D eigenvalue weighted by molar-refractivity contribution is -0.124. The van der Waals surface area contributed by atoms with Gasteiger partial charge in [-0.2, -0.15) is 0 Å². The lowest BCUT2D eigenvalue weighted by Crippen LogP contribution is -2.23. The van der Waals surface area contributed by atoms with Gasteiger partial charge in [0.25, 0.3) is 0 Å². The van der Waals surface area contributed by atoms with Crippen LogP contribution in [0.3, 0.4) is 0 Å². The Hall–Kier alpha value is -0.900. The summed E-state index contributed by atoms with van der Waals surface area (Å²) < 4.78 is 22.7. The third kappa shape index (κ3) is 4.58. The predicted octanol–water partition coefficient (Wildman–Crippen LogP) is 3.33. The second-order valence-corrected chi connectivity index (χ2v) is 6.64. The SMILES string of the molecule is CCOP(=O)(/C=C/C1=C(C(=O)N(C)C)CCC1)OCC. The Morgan fingerprint density at radius 3 is 2.35 bits per heavy atom. The Bertz CT molecular complexity index is 444. The van der Waals surface area contributed by atoms with Crippen LogP contribution in [0.4, 0.5) is 0 Å². The quantitative estimate of drug-likeness (QED) is 0.677. The summed E-state index contributed by atoms with van der Waals surface area (Å²) in [7, 11) is 0.281. The topological polar surface area (TPSA) is 55.8 Å². The van der Waals surface area contributed by atoms with E-state index in [1.54, 1.807) is 38.9 Å². The molecule has 0 aromatic rings. The van der Waals surface area contributed by atoms with Crippen molar-refractivity contribution in [2.45, 2.75) is 33.1 Å². The molecular weight excluding hydrogens is 277 g/mol. The van der Waals surface area contributed by atoms with Crippen molar-refractivity contribution < 1.29 is 18.4 Å². The van der Waals surface area contributed by atoms with Gasteiger partial charge in [0.15, 0.2) is 0 Å². The largest absolute Gasteiger partial charge is 0.354 e. The van der Waals surface area contributed by atoms with Crippen LogP contribution in [0, 0.1) is 0 Å². The molecule has 0 fully saturated rings. The van der Waals surface area contributed by atoms with Gasteiger partial charge in [0.05, 0.1) is 13.2 Å². The molecule has 0 aromatic carbocycles. The van der Waals surface area contributed by atoms with E-state index in [9.17, 15) is 9.36 Å². The maximum Gasteiger partial charge on any atom is 0.354 e. The molecule has 0 heterocycles. The Balaban J connectivity index is 2.93. The number of allylic oxidation sites excluding steroid dienone is 2. The molecule has 0 radical (unpaired) electrons. The molecule has 1 amide bonds. The summed E-state index contributed by atoms with van der Waals surface area (Å²) in [6.45, 7) is 4.19. The van der Waals surface area contributed by atoms with E-state index in [1.165, 1.54) is 5.82 Å². The molecule has 5 nitrogen and oxygen atoms in total. The predicted molar refractivity (Wildman–Crippen MR) is 79.6 cm³/mol. The van der Waals surface area contributed by atoms with Crippen molar-refractivity contribution in [1.29, 1.82) is 0 Å². The van der Waals surface area contributed by atoms with Crippen LogP contribution in [0.25, 0.3) is 0 Å². The second kappa shape index (κ2) is 7.77. The van der Waals surface area contributed by atoms with Gasteiger partial charge in [-0.15, -0.1) is 0 Å². The first kappa shape index (κ1) is 17.2. The van der Waals surface area contributed by atoms with Crippen LogP contribution in [-0.2, 0) is 18.4 Å². The van der Waals surface area contributed by atoms with E-state index >= 15 is 0 Å². The van der Waals surface area contributed by atoms with Crippen LogP contribution in [0.5, 0.6) is 0 Å². The molecule has 0 unspecified atom stereocenters. The molecule has 0 atom stereocenters. The summed E-state index contributed by atoms with van der Waals surface area (Å²) in [5.41, 5.74) is 1.73. The smallest absolute Gasteiger partial charge is 0.345 e. The third-order valence-electron chi connectivity index (χ3n) is 3.00. The van der Waals surface area contributed by atoms with Crippen molar-refractivity contribution in [2.24, 2.45) is 0 Å². The second-order valence-electron chi connectivity index (χ2n) is 4.75. The normalized spacial score (nSPS) is 16.2. The van der Waals surface area contributed by atoms with Crippen molar-refractivity contribution in [3.05, 3.63) is 23.0 Å². The number of nitrogens with zero attached hydrogens (tertiary/aromatic N) is 1. The zero-order valence-electron chi connectivity index (χ0n) is 12.7. The van der Waals surface area contributed by atoms with Crippen LogP contribution in [0.1, 0.15) is 33.1 Å². The van der Waals surface area contributed by atoms with Gasteiger partial charge in [0, 0.05) is 25.5 Å². The van der Waals surface area contributed by atoms with Crippen LogP contribution in [0.15, 0.2) is 23.0 Å². The zero-order valence-corrected chi connectivity index (χ0v) is 13.6. The van der Waals surface area contributed by atoms with Gasteiger partial charge in [-0.05, 0) is 38.7 Å². The average molecular weight is 301 g/mol. The van der Waals surface area contributed by atoms with E-state index < -0.39 is 7.60 Å². The summed E-state index contributed by atoms with van der Waals surface area (Å²) >= 11 is 0. The fraction of sp³-hybridized carbons (Fsp3) is 0.643. The van der Waals surface area contributed by atoms with Gasteiger partial charge >= 0.3 is 7.60 Å². The van der Waals surface area contributed by atoms with E-state index in [-0.39, 0.29) is 5.91 Å². The summed E-state index contributed by atoms with van der Waals surface area (Å²) in [5.74, 6) is 1.49. The summed E-state index contributed by atoms with van der Waals surface area (Å²) in [5, 5.41) is 0. The third-order valence-corrected chi connectivity index (χ3v) is 4.75. The molecule has 0 spiro atoms. The van der Waals surface area contributed by atoms with Gasteiger partial charge in [-0.25, -0.2) is 0 Å². The number of hydrogen-bond donors (Lipinski definition) is 0. The van der Waals surface area contributed by atoms with Crippen molar-refractivity contribution in [3.63, 3.8) is 0 Å². The first-order valence-corrected chi connectivity index (χ1v) is 8.56. The minimum atomic E-state index is -3.19. The van der Waals surface area contributed by atoms with Crippen LogP contribution < -0.4 is 0 Å². The fourth-order valence-corrected chi connectivity index (χ4v) is 3.46. The molecule has 1 aliphatic carbocycles. The number of rotatable bonds is 7. The number of carbonyl (C=O) groups is 1. The molecule has 1 rings (SSSR count). The van der Waals surface area contributed by atoms with E-state index in [0.29, 0.717) is 13.2 Å². The number of carbonyl (C=O) groups excluding carboxylic acids is 1. The Morgan fingerprint density at radius 1 is 1.25 bits per heavy atom. The Kier molecular flexibility index (Phi) is 6.66. The highest BCUT2D eigenvalue weighted by Crippen LogP contribution is 2.50. The van der Waals surface area contributed by atoms with Crippen LogP contribution >= 0.6 is 7.60 Å². The number of hydrogen-bond acceptors (Lipinski definition) is 4. The molecule has 114 valence electrons. The molecule has 1 aliphatic rings. The van der Waals surface area contributed by atoms with Crippen LogP contribution in [0.2, 0.25) is 0 Å². The summed E-state index contributed by atoms with van der Waals surface area (Å²) in [6.07, 6.45) is 4.27. The van der Waals surface area contributed by atoms with Gasteiger partial charge in [0.1, 0.15) is 0 Å². The van der Waals surface area contributed by atoms with E-state index in [0.717, 1.165) is 30.4 Å². The molecule has 0 saturated carbocycles. The minimum Gasteiger partial charge on any atom is -0.345 e. The standard InChI is InChI=1S/C14H24NO4P/c1-5-18-20(17,19-6-2)11-10-12-8-7-9-13(12)14(16)15(3)4/h10-11H,5-9H2,1-4H3/b11-10+. The maximum absolute atomic E-state index is 12.3. The first-order valence-electron chi connectivity index (χ1n) is 6.95. The van der Waals surface area contributed by atoms with Crippen molar-refractivity contribution in [3.8, 4) is 0 Å². The Morgan fingerprint density at radius 2 is 1.85 bits per heavy atom. The maximum atomic E-state index is 12.3. The van der Waals surface area contributed by atoms with E-state index in [4.69, 9.17) is 9.05 Å². The molecule has 0 N–H and O–H groups in total. The number of amides is 1. The van der Waals surface area contributed by atoms with E-state index in [1.807, 2.05) is 0 Å². The highest BCUT2D eigenvalue weighted by Gasteiger charge is 2.23. The molecule has 20 heavy (non-hydrogen) atoms. The van der Waals surface area contributed by atoms with Gasteiger partial charge in [-0.1, -0.05) is 6.08 Å². The Labute approximate surface area is 121 Å². The monoisotopic (exact) mass is 301 g/mol. The summed E-state index contributed by atoms with van der Waals surface area (Å²) in [6, 6.07) is 0. The molecule has 0 aliphatic heterocycles. The highest BCUT2D eigenvalue weighted by molar-refractivity contribution is 7.57. The first-order chi connectivity index (χ1) is 9.43. The van der Waals surface area contributed by atoms with Crippen LogP contribution in [-0.4, -0.2) is 38.1 Å². The number of likely N-dealkylation sites (N-methyl/N-ethyl adjacent to an activating group) is 1. The molecule has 6 heteroatoms. The van der Waals surface area contributed by atoms with Gasteiger partial charge < -0.3 is 13.9 Å². The van der Waals surface area contributed by atoms with Crippen molar-refractivity contribution >= 4 is 13.5 Å².